The summed E-state index contributed by atoms with van der Waals surface area (Å²) in [6, 6.07) is 5.69. The summed E-state index contributed by atoms with van der Waals surface area (Å²) in [7, 11) is 1.66. The lowest BCUT2D eigenvalue weighted by Crippen LogP contribution is -2.27. The molecule has 0 heterocycles. The smallest absolute Gasteiger partial charge is 0.347 e. The summed E-state index contributed by atoms with van der Waals surface area (Å²) in [4.78, 5) is 11.6. The second kappa shape index (κ2) is 9.76. The standard InChI is InChI=1S/C15H22BrNO4/c1-4-20-15(18)11(2)21-14-6-5-13(16)9-12(14)10-17-7-8-19-3/h5-6,9,11,17H,4,7-8,10H2,1-3H3. The van der Waals surface area contributed by atoms with Crippen LogP contribution in [0.25, 0.3) is 0 Å². The quantitative estimate of drug-likeness (QED) is 0.542. The lowest BCUT2D eigenvalue weighted by atomic mass is 10.2. The van der Waals surface area contributed by atoms with E-state index in [1.807, 2.05) is 18.2 Å². The summed E-state index contributed by atoms with van der Waals surface area (Å²) in [5.41, 5.74) is 0.969. The van der Waals surface area contributed by atoms with Gasteiger partial charge in [0.2, 0.25) is 0 Å². The van der Waals surface area contributed by atoms with Crippen LogP contribution in [0.3, 0.4) is 0 Å². The van der Waals surface area contributed by atoms with Gasteiger partial charge >= 0.3 is 5.97 Å². The molecule has 0 radical (unpaired) electrons. The number of hydrogen-bond donors (Lipinski definition) is 1. The first-order valence-corrected chi connectivity index (χ1v) is 7.69. The fourth-order valence-electron chi connectivity index (χ4n) is 1.70. The summed E-state index contributed by atoms with van der Waals surface area (Å²) in [6.07, 6.45) is -0.635. The van der Waals surface area contributed by atoms with Gasteiger partial charge in [-0.15, -0.1) is 0 Å². The number of nitrogens with one attached hydrogen (secondary N) is 1. The van der Waals surface area contributed by atoms with Gasteiger partial charge in [0, 0.05) is 30.2 Å². The van der Waals surface area contributed by atoms with Gasteiger partial charge in [0.25, 0.3) is 0 Å². The molecule has 21 heavy (non-hydrogen) atoms. The number of carbonyl (C=O) groups excluding carboxylic acids is 1. The molecule has 1 N–H and O–H groups in total. The van der Waals surface area contributed by atoms with Gasteiger partial charge in [0.15, 0.2) is 6.10 Å². The van der Waals surface area contributed by atoms with Crippen molar-refractivity contribution in [3.05, 3.63) is 28.2 Å². The molecule has 0 saturated carbocycles. The Morgan fingerprint density at radius 2 is 2.19 bits per heavy atom. The van der Waals surface area contributed by atoms with E-state index in [-0.39, 0.29) is 5.97 Å². The summed E-state index contributed by atoms with van der Waals surface area (Å²) in [6.45, 7) is 5.82. The molecule has 5 nitrogen and oxygen atoms in total. The molecule has 0 bridgehead atoms. The number of halogens is 1. The lowest BCUT2D eigenvalue weighted by molar-refractivity contribution is -0.150. The van der Waals surface area contributed by atoms with Crippen LogP contribution in [0.5, 0.6) is 5.75 Å². The maximum Gasteiger partial charge on any atom is 0.347 e. The maximum atomic E-state index is 11.6. The Bertz CT molecular complexity index is 453. The molecule has 0 amide bonds. The van der Waals surface area contributed by atoms with Crippen molar-refractivity contribution in [2.24, 2.45) is 0 Å². The molecule has 6 heteroatoms. The Kier molecular flexibility index (Phi) is 8.34. The normalized spacial score (nSPS) is 12.0. The molecule has 0 aliphatic carbocycles. The average Bonchev–Trinajstić information content (AvgIpc) is 2.46. The van der Waals surface area contributed by atoms with Crippen molar-refractivity contribution >= 4 is 21.9 Å². The molecule has 0 aliphatic heterocycles. The molecular formula is C15H22BrNO4. The third-order valence-electron chi connectivity index (χ3n) is 2.74. The minimum atomic E-state index is -0.635. The number of methoxy groups -OCH3 is 1. The van der Waals surface area contributed by atoms with Crippen LogP contribution in [0.4, 0.5) is 0 Å². The van der Waals surface area contributed by atoms with Gasteiger partial charge in [-0.3, -0.25) is 0 Å². The van der Waals surface area contributed by atoms with Crippen LogP contribution in [-0.2, 0) is 20.8 Å². The Labute approximate surface area is 134 Å². The van der Waals surface area contributed by atoms with Crippen molar-refractivity contribution in [1.82, 2.24) is 5.32 Å². The third kappa shape index (κ3) is 6.46. The molecule has 118 valence electrons. The summed E-state index contributed by atoms with van der Waals surface area (Å²) in [5.74, 6) is 0.308. The molecule has 1 rings (SSSR count). The van der Waals surface area contributed by atoms with E-state index >= 15 is 0 Å². The van der Waals surface area contributed by atoms with Crippen LogP contribution in [0.1, 0.15) is 19.4 Å². The van der Waals surface area contributed by atoms with Crippen LogP contribution < -0.4 is 10.1 Å². The second-order valence-corrected chi connectivity index (χ2v) is 5.35. The molecule has 1 unspecified atom stereocenters. The van der Waals surface area contributed by atoms with Crippen molar-refractivity contribution in [3.8, 4) is 5.75 Å². The number of benzene rings is 1. The van der Waals surface area contributed by atoms with Crippen LogP contribution >= 0.6 is 15.9 Å². The van der Waals surface area contributed by atoms with E-state index in [9.17, 15) is 4.79 Å². The van der Waals surface area contributed by atoms with Crippen LogP contribution in [0.15, 0.2) is 22.7 Å². The highest BCUT2D eigenvalue weighted by atomic mass is 79.9. The van der Waals surface area contributed by atoms with Crippen molar-refractivity contribution in [1.29, 1.82) is 0 Å². The number of rotatable bonds is 9. The minimum absolute atomic E-state index is 0.346. The van der Waals surface area contributed by atoms with E-state index in [2.05, 4.69) is 21.2 Å². The van der Waals surface area contributed by atoms with Gasteiger partial charge in [-0.2, -0.15) is 0 Å². The van der Waals surface area contributed by atoms with E-state index in [1.165, 1.54) is 0 Å². The lowest BCUT2D eigenvalue weighted by Gasteiger charge is -2.17. The third-order valence-corrected chi connectivity index (χ3v) is 3.24. The van der Waals surface area contributed by atoms with Gasteiger partial charge in [0.05, 0.1) is 13.2 Å². The van der Waals surface area contributed by atoms with Crippen molar-refractivity contribution in [2.75, 3.05) is 26.9 Å². The average molecular weight is 360 g/mol. The number of esters is 1. The van der Waals surface area contributed by atoms with Gasteiger partial charge in [0.1, 0.15) is 5.75 Å². The Balaban J connectivity index is 2.69. The molecular weight excluding hydrogens is 338 g/mol. The molecule has 0 aromatic heterocycles. The summed E-state index contributed by atoms with van der Waals surface area (Å²) < 4.78 is 16.6. The molecule has 0 saturated heterocycles. The van der Waals surface area contributed by atoms with Crippen LogP contribution in [-0.4, -0.2) is 38.9 Å². The van der Waals surface area contributed by atoms with E-state index in [4.69, 9.17) is 14.2 Å². The Morgan fingerprint density at radius 3 is 2.86 bits per heavy atom. The van der Waals surface area contributed by atoms with Crippen molar-refractivity contribution < 1.29 is 19.0 Å². The van der Waals surface area contributed by atoms with E-state index in [1.54, 1.807) is 21.0 Å². The predicted molar refractivity (Wildman–Crippen MR) is 84.4 cm³/mol. The highest BCUT2D eigenvalue weighted by Gasteiger charge is 2.17. The van der Waals surface area contributed by atoms with Gasteiger partial charge in [-0.1, -0.05) is 15.9 Å². The van der Waals surface area contributed by atoms with E-state index in [0.717, 1.165) is 16.6 Å². The first kappa shape index (κ1) is 17.9. The van der Waals surface area contributed by atoms with Gasteiger partial charge in [-0.25, -0.2) is 4.79 Å². The zero-order chi connectivity index (χ0) is 15.7. The fraction of sp³-hybridized carbons (Fsp3) is 0.533. The molecule has 0 fully saturated rings. The SMILES string of the molecule is CCOC(=O)C(C)Oc1ccc(Br)cc1CNCCOC. The second-order valence-electron chi connectivity index (χ2n) is 4.43. The zero-order valence-electron chi connectivity index (χ0n) is 12.6. The van der Waals surface area contributed by atoms with Crippen molar-refractivity contribution in [2.45, 2.75) is 26.5 Å². The molecule has 1 atom stereocenters. The minimum Gasteiger partial charge on any atom is -0.479 e. The number of ether oxygens (including phenoxy) is 3. The molecule has 0 aliphatic rings. The summed E-state index contributed by atoms with van der Waals surface area (Å²) >= 11 is 3.44. The fourth-order valence-corrected chi connectivity index (χ4v) is 2.11. The Morgan fingerprint density at radius 1 is 1.43 bits per heavy atom. The molecule has 1 aromatic rings. The highest BCUT2D eigenvalue weighted by molar-refractivity contribution is 9.10. The van der Waals surface area contributed by atoms with Crippen molar-refractivity contribution in [3.63, 3.8) is 0 Å². The maximum absolute atomic E-state index is 11.6. The Hall–Kier alpha value is -1.11. The van der Waals surface area contributed by atoms with Gasteiger partial charge < -0.3 is 19.5 Å². The summed E-state index contributed by atoms with van der Waals surface area (Å²) in [5, 5.41) is 3.26. The molecule has 0 spiro atoms. The first-order valence-electron chi connectivity index (χ1n) is 6.89. The monoisotopic (exact) mass is 359 g/mol. The van der Waals surface area contributed by atoms with E-state index in [0.29, 0.717) is 25.5 Å². The zero-order valence-corrected chi connectivity index (χ0v) is 14.2. The largest absolute Gasteiger partial charge is 0.479 e. The highest BCUT2D eigenvalue weighted by Crippen LogP contribution is 2.24. The number of carbonyl (C=O) groups is 1. The van der Waals surface area contributed by atoms with Crippen LogP contribution in [0.2, 0.25) is 0 Å². The number of hydrogen-bond acceptors (Lipinski definition) is 5. The topological polar surface area (TPSA) is 56.8 Å². The molecule has 1 aromatic carbocycles. The van der Waals surface area contributed by atoms with Crippen LogP contribution in [0, 0.1) is 0 Å². The van der Waals surface area contributed by atoms with E-state index < -0.39 is 6.10 Å². The predicted octanol–water partition coefficient (Wildman–Crippen LogP) is 2.52. The first-order chi connectivity index (χ1) is 10.1. The van der Waals surface area contributed by atoms with Gasteiger partial charge in [-0.05, 0) is 32.0 Å².